The van der Waals surface area contributed by atoms with Crippen molar-refractivity contribution in [2.75, 3.05) is 0 Å². The van der Waals surface area contributed by atoms with Gasteiger partial charge in [-0.25, -0.2) is 4.79 Å². The summed E-state index contributed by atoms with van der Waals surface area (Å²) >= 11 is 0. The lowest BCUT2D eigenvalue weighted by atomic mass is 9.91. The lowest BCUT2D eigenvalue weighted by molar-refractivity contribution is 0.0488. The molecular formula is C19H26N4O3. The number of aromatic amines is 1. The number of amides is 2. The number of fused-ring (bicyclic) bond motifs is 1. The monoisotopic (exact) mass is 358 g/mol. The summed E-state index contributed by atoms with van der Waals surface area (Å²) in [5.41, 5.74) is 1.05. The molecule has 26 heavy (non-hydrogen) atoms. The molecule has 0 spiro atoms. The van der Waals surface area contributed by atoms with E-state index in [4.69, 9.17) is 4.74 Å². The standard InChI is InChI=1S/C19H26N4O3/c1-19(2,3)26-18(25)22-15-7-5-14(6-8-15)21-17(24)12-4-9-16-13(10-12)11-20-23-16/h4,9-11,14-15H,5-8H2,1-3H3,(H,20,23)(H,21,24)(H,22,25). The number of hydrogen-bond acceptors (Lipinski definition) is 4. The van der Waals surface area contributed by atoms with Gasteiger partial charge in [-0.1, -0.05) is 0 Å². The molecule has 3 N–H and O–H groups in total. The minimum Gasteiger partial charge on any atom is -0.444 e. The van der Waals surface area contributed by atoms with Gasteiger partial charge in [-0.2, -0.15) is 5.10 Å². The summed E-state index contributed by atoms with van der Waals surface area (Å²) in [6.07, 6.45) is 4.65. The van der Waals surface area contributed by atoms with Crippen molar-refractivity contribution in [1.82, 2.24) is 20.8 Å². The normalized spacial score (nSPS) is 20.6. The van der Waals surface area contributed by atoms with Gasteiger partial charge in [-0.15, -0.1) is 0 Å². The van der Waals surface area contributed by atoms with Crippen LogP contribution in [0.4, 0.5) is 4.79 Å². The fourth-order valence-electron chi connectivity index (χ4n) is 3.21. The highest BCUT2D eigenvalue weighted by atomic mass is 16.6. The molecule has 0 radical (unpaired) electrons. The van der Waals surface area contributed by atoms with Gasteiger partial charge in [-0.05, 0) is 64.7 Å². The smallest absolute Gasteiger partial charge is 0.407 e. The number of ether oxygens (including phenoxy) is 1. The fraction of sp³-hybridized carbons (Fsp3) is 0.526. The van der Waals surface area contributed by atoms with Gasteiger partial charge in [-0.3, -0.25) is 9.89 Å². The zero-order chi connectivity index (χ0) is 18.7. The first-order chi connectivity index (χ1) is 12.3. The second-order valence-corrected chi connectivity index (χ2v) is 7.84. The number of nitrogens with one attached hydrogen (secondary N) is 3. The summed E-state index contributed by atoms with van der Waals surface area (Å²) < 4.78 is 5.29. The quantitative estimate of drug-likeness (QED) is 0.785. The molecule has 2 aromatic rings. The fourth-order valence-corrected chi connectivity index (χ4v) is 3.21. The SMILES string of the molecule is CC(C)(C)OC(=O)NC1CCC(NC(=O)c2ccc3[nH]ncc3c2)CC1. The third-order valence-electron chi connectivity index (χ3n) is 4.49. The van der Waals surface area contributed by atoms with Crippen molar-refractivity contribution >= 4 is 22.9 Å². The van der Waals surface area contributed by atoms with Gasteiger partial charge in [0, 0.05) is 23.0 Å². The van der Waals surface area contributed by atoms with Crippen LogP contribution in [0, 0.1) is 0 Å². The molecule has 1 aliphatic carbocycles. The second-order valence-electron chi connectivity index (χ2n) is 7.84. The molecule has 1 heterocycles. The van der Waals surface area contributed by atoms with Crippen LogP contribution in [0.5, 0.6) is 0 Å². The van der Waals surface area contributed by atoms with E-state index in [1.165, 1.54) is 0 Å². The van der Waals surface area contributed by atoms with Crippen LogP contribution in [0.2, 0.25) is 0 Å². The molecular weight excluding hydrogens is 332 g/mol. The Morgan fingerprint density at radius 2 is 1.77 bits per heavy atom. The Hall–Kier alpha value is -2.57. The van der Waals surface area contributed by atoms with Crippen LogP contribution in [0.15, 0.2) is 24.4 Å². The number of nitrogens with zero attached hydrogens (tertiary/aromatic N) is 1. The Bertz CT molecular complexity index is 785. The van der Waals surface area contributed by atoms with Crippen LogP contribution in [-0.2, 0) is 4.74 Å². The van der Waals surface area contributed by atoms with Crippen molar-refractivity contribution in [3.63, 3.8) is 0 Å². The maximum absolute atomic E-state index is 12.5. The third kappa shape index (κ3) is 4.74. The maximum Gasteiger partial charge on any atom is 0.407 e. The van der Waals surface area contributed by atoms with E-state index >= 15 is 0 Å². The van der Waals surface area contributed by atoms with E-state index in [-0.39, 0.29) is 24.1 Å². The summed E-state index contributed by atoms with van der Waals surface area (Å²) in [6, 6.07) is 5.72. The zero-order valence-electron chi connectivity index (χ0n) is 15.5. The van der Waals surface area contributed by atoms with Crippen molar-refractivity contribution in [1.29, 1.82) is 0 Å². The molecule has 1 saturated carbocycles. The largest absolute Gasteiger partial charge is 0.444 e. The first-order valence-electron chi connectivity index (χ1n) is 9.04. The first-order valence-corrected chi connectivity index (χ1v) is 9.04. The topological polar surface area (TPSA) is 96.1 Å². The Balaban J connectivity index is 1.47. The predicted molar refractivity (Wildman–Crippen MR) is 99.0 cm³/mol. The molecule has 1 aliphatic rings. The molecule has 3 rings (SSSR count). The highest BCUT2D eigenvalue weighted by molar-refractivity contribution is 5.98. The lowest BCUT2D eigenvalue weighted by Gasteiger charge is -2.30. The average molecular weight is 358 g/mol. The number of carbonyl (C=O) groups excluding carboxylic acids is 2. The van der Waals surface area contributed by atoms with Crippen LogP contribution < -0.4 is 10.6 Å². The van der Waals surface area contributed by atoms with Crippen LogP contribution in [0.25, 0.3) is 10.9 Å². The van der Waals surface area contributed by atoms with Gasteiger partial charge >= 0.3 is 6.09 Å². The van der Waals surface area contributed by atoms with E-state index in [0.29, 0.717) is 5.56 Å². The molecule has 140 valence electrons. The Morgan fingerprint density at radius 1 is 1.12 bits per heavy atom. The average Bonchev–Trinajstić information content (AvgIpc) is 3.02. The van der Waals surface area contributed by atoms with Crippen molar-refractivity contribution in [2.24, 2.45) is 0 Å². The summed E-state index contributed by atoms with van der Waals surface area (Å²) in [6.45, 7) is 5.54. The van der Waals surface area contributed by atoms with Crippen LogP contribution in [-0.4, -0.2) is 39.9 Å². The van der Waals surface area contributed by atoms with Crippen LogP contribution in [0.1, 0.15) is 56.8 Å². The van der Waals surface area contributed by atoms with E-state index < -0.39 is 5.60 Å². The summed E-state index contributed by atoms with van der Waals surface area (Å²) in [5.74, 6) is -0.0725. The minimum atomic E-state index is -0.495. The molecule has 0 aliphatic heterocycles. The van der Waals surface area contributed by atoms with E-state index in [9.17, 15) is 9.59 Å². The van der Waals surface area contributed by atoms with Gasteiger partial charge in [0.25, 0.3) is 5.91 Å². The minimum absolute atomic E-state index is 0.0725. The van der Waals surface area contributed by atoms with Crippen molar-refractivity contribution in [2.45, 2.75) is 64.1 Å². The molecule has 7 heteroatoms. The lowest BCUT2D eigenvalue weighted by Crippen LogP contribution is -2.45. The molecule has 2 amide bonds. The number of alkyl carbamates (subject to hydrolysis) is 1. The van der Waals surface area contributed by atoms with Gasteiger partial charge in [0.2, 0.25) is 0 Å². The Kier molecular flexibility index (Phi) is 5.15. The highest BCUT2D eigenvalue weighted by Gasteiger charge is 2.25. The second kappa shape index (κ2) is 7.35. The highest BCUT2D eigenvalue weighted by Crippen LogP contribution is 2.20. The summed E-state index contributed by atoms with van der Waals surface area (Å²) in [5, 5.41) is 13.8. The van der Waals surface area contributed by atoms with Crippen LogP contribution >= 0.6 is 0 Å². The number of carbonyl (C=O) groups is 2. The molecule has 0 saturated heterocycles. The van der Waals surface area contributed by atoms with Gasteiger partial charge < -0.3 is 15.4 Å². The van der Waals surface area contributed by atoms with Gasteiger partial charge in [0.15, 0.2) is 0 Å². The summed E-state index contributed by atoms with van der Waals surface area (Å²) in [4.78, 5) is 24.3. The predicted octanol–water partition coefficient (Wildman–Crippen LogP) is 3.13. The van der Waals surface area contributed by atoms with E-state index in [2.05, 4.69) is 20.8 Å². The van der Waals surface area contributed by atoms with E-state index in [1.807, 2.05) is 32.9 Å². The third-order valence-corrected chi connectivity index (χ3v) is 4.49. The number of hydrogen-bond donors (Lipinski definition) is 3. The number of H-pyrrole nitrogens is 1. The van der Waals surface area contributed by atoms with Crippen molar-refractivity contribution in [3.05, 3.63) is 30.0 Å². The van der Waals surface area contributed by atoms with Gasteiger partial charge in [0.05, 0.1) is 11.7 Å². The molecule has 1 aromatic carbocycles. The molecule has 1 aromatic heterocycles. The van der Waals surface area contributed by atoms with E-state index in [0.717, 1.165) is 36.6 Å². The van der Waals surface area contributed by atoms with Crippen molar-refractivity contribution < 1.29 is 14.3 Å². The Morgan fingerprint density at radius 3 is 2.42 bits per heavy atom. The van der Waals surface area contributed by atoms with Crippen molar-refractivity contribution in [3.8, 4) is 0 Å². The molecule has 0 unspecified atom stereocenters. The number of aromatic nitrogens is 2. The maximum atomic E-state index is 12.5. The zero-order valence-corrected chi connectivity index (χ0v) is 15.5. The number of rotatable bonds is 3. The molecule has 0 bridgehead atoms. The number of benzene rings is 1. The molecule has 1 fully saturated rings. The van der Waals surface area contributed by atoms with Crippen LogP contribution in [0.3, 0.4) is 0 Å². The Labute approximate surface area is 152 Å². The molecule has 0 atom stereocenters. The van der Waals surface area contributed by atoms with E-state index in [1.54, 1.807) is 12.3 Å². The summed E-state index contributed by atoms with van der Waals surface area (Å²) in [7, 11) is 0. The molecule has 7 nitrogen and oxygen atoms in total. The first kappa shape index (κ1) is 18.2. The van der Waals surface area contributed by atoms with Gasteiger partial charge in [0.1, 0.15) is 5.60 Å².